The van der Waals surface area contributed by atoms with Gasteiger partial charge in [-0.05, 0) is 30.3 Å². The summed E-state index contributed by atoms with van der Waals surface area (Å²) in [6.45, 7) is 0. The van der Waals surface area contributed by atoms with Crippen molar-refractivity contribution in [3.05, 3.63) is 64.0 Å². The van der Waals surface area contributed by atoms with Gasteiger partial charge in [-0.3, -0.25) is 19.7 Å². The highest BCUT2D eigenvalue weighted by atomic mass is 32.2. The van der Waals surface area contributed by atoms with Gasteiger partial charge >= 0.3 is 5.97 Å². The van der Waals surface area contributed by atoms with Gasteiger partial charge in [0, 0.05) is 16.5 Å². The van der Waals surface area contributed by atoms with Crippen LogP contribution in [0.5, 0.6) is 0 Å². The predicted molar refractivity (Wildman–Crippen MR) is 110 cm³/mol. The van der Waals surface area contributed by atoms with Crippen molar-refractivity contribution in [2.75, 3.05) is 0 Å². The maximum absolute atomic E-state index is 13.0. The van der Waals surface area contributed by atoms with Crippen molar-refractivity contribution < 1.29 is 24.0 Å². The Labute approximate surface area is 177 Å². The van der Waals surface area contributed by atoms with Crippen LogP contribution >= 0.6 is 23.5 Å². The zero-order valence-corrected chi connectivity index (χ0v) is 16.7. The fourth-order valence-electron chi connectivity index (χ4n) is 2.37. The number of carboxylic acid groups (broad SMARTS) is 1. The normalized spacial score (nSPS) is 17.4. The summed E-state index contributed by atoms with van der Waals surface area (Å²) in [5, 5.41) is 29.6. The number of halogens is 1. The smallest absolute Gasteiger partial charge is 0.305 e. The molecule has 154 valence electrons. The number of thioether (sulfide) groups is 1. The molecule has 9 nitrogen and oxygen atoms in total. The molecule has 0 spiro atoms. The van der Waals surface area contributed by atoms with E-state index in [-0.39, 0.29) is 17.3 Å². The average molecular weight is 448 g/mol. The van der Waals surface area contributed by atoms with Crippen LogP contribution in [0.2, 0.25) is 0 Å². The molecular weight excluding hydrogens is 435 g/mol. The number of benzene rings is 2. The van der Waals surface area contributed by atoms with Gasteiger partial charge in [0.05, 0.1) is 22.5 Å². The summed E-state index contributed by atoms with van der Waals surface area (Å²) in [5.41, 5.74) is 0.261. The van der Waals surface area contributed by atoms with E-state index in [1.54, 1.807) is 12.1 Å². The third kappa shape index (κ3) is 5.64. The summed E-state index contributed by atoms with van der Waals surface area (Å²) >= 11 is 2.08. The van der Waals surface area contributed by atoms with Crippen molar-refractivity contribution in [3.63, 3.8) is 0 Å². The Kier molecular flexibility index (Phi) is 6.79. The van der Waals surface area contributed by atoms with Gasteiger partial charge in [-0.1, -0.05) is 29.6 Å². The second-order valence-electron chi connectivity index (χ2n) is 5.88. The zero-order chi connectivity index (χ0) is 21.7. The quantitative estimate of drug-likeness (QED) is 0.377. The van der Waals surface area contributed by atoms with Crippen LogP contribution in [0, 0.1) is 15.9 Å². The lowest BCUT2D eigenvalue weighted by Crippen LogP contribution is -2.26. The van der Waals surface area contributed by atoms with E-state index in [2.05, 4.69) is 15.5 Å². The number of carbonyl (C=O) groups excluding carboxylic acids is 1. The number of carbonyl (C=O) groups is 2. The second kappa shape index (κ2) is 9.50. The molecule has 1 heterocycles. The van der Waals surface area contributed by atoms with Crippen LogP contribution in [0.15, 0.2) is 62.5 Å². The van der Waals surface area contributed by atoms with Gasteiger partial charge in [-0.2, -0.15) is 5.10 Å². The number of amides is 1. The molecule has 2 N–H and O–H groups in total. The minimum atomic E-state index is -1.10. The summed E-state index contributed by atoms with van der Waals surface area (Å²) in [5.74, 6) is -1.96. The lowest BCUT2D eigenvalue weighted by Gasteiger charge is -2.04. The number of hydrogen-bond acceptors (Lipinski definition) is 8. The summed E-state index contributed by atoms with van der Waals surface area (Å²) < 4.78 is 13.0. The van der Waals surface area contributed by atoms with Crippen LogP contribution in [-0.4, -0.2) is 38.5 Å². The molecule has 1 atom stereocenters. The molecule has 1 unspecified atom stereocenters. The van der Waals surface area contributed by atoms with Gasteiger partial charge in [0.15, 0.2) is 5.17 Å². The zero-order valence-electron chi connectivity index (χ0n) is 15.0. The Bertz CT molecular complexity index is 1060. The predicted octanol–water partition coefficient (Wildman–Crippen LogP) is 3.28. The minimum absolute atomic E-state index is 0.147. The van der Waals surface area contributed by atoms with Gasteiger partial charge in [0.2, 0.25) is 5.91 Å². The van der Waals surface area contributed by atoms with Crippen molar-refractivity contribution in [1.82, 2.24) is 5.32 Å². The molecule has 0 aromatic heterocycles. The summed E-state index contributed by atoms with van der Waals surface area (Å²) in [6.07, 6.45) is 0.947. The van der Waals surface area contributed by atoms with Gasteiger partial charge in [-0.15, -0.1) is 5.10 Å². The van der Waals surface area contributed by atoms with Crippen LogP contribution < -0.4 is 5.32 Å². The first kappa shape index (κ1) is 21.5. The summed E-state index contributed by atoms with van der Waals surface area (Å²) in [7, 11) is 0. The second-order valence-corrected chi connectivity index (χ2v) is 8.19. The summed E-state index contributed by atoms with van der Waals surface area (Å²) in [4.78, 5) is 34.3. The minimum Gasteiger partial charge on any atom is -0.481 e. The first-order valence-corrected chi connectivity index (χ1v) is 10.0. The molecule has 0 saturated carbocycles. The van der Waals surface area contributed by atoms with Crippen molar-refractivity contribution in [2.45, 2.75) is 21.5 Å². The molecule has 1 saturated heterocycles. The molecule has 30 heavy (non-hydrogen) atoms. The van der Waals surface area contributed by atoms with Crippen LogP contribution in [0.3, 0.4) is 0 Å². The Hall–Kier alpha value is -3.25. The molecule has 0 radical (unpaired) electrons. The van der Waals surface area contributed by atoms with E-state index in [4.69, 9.17) is 5.11 Å². The number of nitro benzene ring substituents is 1. The number of nitrogens with one attached hydrogen (secondary N) is 1. The fraction of sp³-hybridized carbons (Fsp3) is 0.111. The molecule has 1 aliphatic heterocycles. The third-order valence-electron chi connectivity index (χ3n) is 3.71. The van der Waals surface area contributed by atoms with Crippen LogP contribution in [0.1, 0.15) is 12.0 Å². The van der Waals surface area contributed by atoms with E-state index < -0.39 is 27.9 Å². The highest BCUT2D eigenvalue weighted by molar-refractivity contribution is 8.15. The van der Waals surface area contributed by atoms with Crippen molar-refractivity contribution in [3.8, 4) is 0 Å². The van der Waals surface area contributed by atoms with Gasteiger partial charge < -0.3 is 10.4 Å². The lowest BCUT2D eigenvalue weighted by molar-refractivity contribution is -0.387. The third-order valence-corrected chi connectivity index (χ3v) is 5.86. The van der Waals surface area contributed by atoms with Gasteiger partial charge in [-0.25, -0.2) is 4.39 Å². The van der Waals surface area contributed by atoms with Crippen LogP contribution in [0.25, 0.3) is 0 Å². The molecule has 0 bridgehead atoms. The van der Waals surface area contributed by atoms with E-state index in [0.717, 1.165) is 23.5 Å². The average Bonchev–Trinajstić information content (AvgIpc) is 3.03. The SMILES string of the molecule is O=C(O)CC1SC(=NN=Cc2ccc(Sc3ccc(F)cc3)c([N+](=O)[O-])c2)NC1=O. The van der Waals surface area contributed by atoms with Crippen molar-refractivity contribution >= 4 is 52.5 Å². The molecular formula is C18H13FN4O5S2. The molecule has 1 amide bonds. The fourth-order valence-corrected chi connectivity index (χ4v) is 4.18. The van der Waals surface area contributed by atoms with E-state index in [9.17, 15) is 24.1 Å². The maximum Gasteiger partial charge on any atom is 0.305 e. The number of hydrogen-bond donors (Lipinski definition) is 2. The standard InChI is InChI=1S/C18H13FN4O5S2/c19-11-2-4-12(5-3-11)29-14-6-1-10(7-13(14)23(27)28)9-20-22-18-21-17(26)15(30-18)8-16(24)25/h1-7,9,15H,8H2,(H,24,25)(H,21,22,26). The number of rotatable bonds is 7. The topological polar surface area (TPSA) is 134 Å². The largest absolute Gasteiger partial charge is 0.481 e. The van der Waals surface area contributed by atoms with Gasteiger partial charge in [0.25, 0.3) is 5.69 Å². The number of nitrogens with zero attached hydrogens (tertiary/aromatic N) is 3. The van der Waals surface area contributed by atoms with Crippen molar-refractivity contribution in [1.29, 1.82) is 0 Å². The van der Waals surface area contributed by atoms with E-state index in [1.807, 2.05) is 0 Å². The van der Waals surface area contributed by atoms with Crippen molar-refractivity contribution in [2.24, 2.45) is 10.2 Å². The molecule has 2 aromatic carbocycles. The Morgan fingerprint density at radius 1 is 1.33 bits per heavy atom. The first-order chi connectivity index (χ1) is 14.3. The molecule has 0 aliphatic carbocycles. The summed E-state index contributed by atoms with van der Waals surface area (Å²) in [6, 6.07) is 10.1. The molecule has 1 aliphatic rings. The maximum atomic E-state index is 13.0. The molecule has 2 aromatic rings. The van der Waals surface area contributed by atoms with E-state index in [0.29, 0.717) is 15.4 Å². The molecule has 3 rings (SSSR count). The van der Waals surface area contributed by atoms with Gasteiger partial charge in [0.1, 0.15) is 11.1 Å². The van der Waals surface area contributed by atoms with E-state index in [1.165, 1.54) is 36.5 Å². The molecule has 1 fully saturated rings. The highest BCUT2D eigenvalue weighted by Gasteiger charge is 2.32. The number of aliphatic carboxylic acids is 1. The molecule has 12 heteroatoms. The first-order valence-electron chi connectivity index (χ1n) is 8.34. The highest BCUT2D eigenvalue weighted by Crippen LogP contribution is 2.35. The van der Waals surface area contributed by atoms with Crippen LogP contribution in [0.4, 0.5) is 10.1 Å². The number of nitro groups is 1. The monoisotopic (exact) mass is 448 g/mol. The Morgan fingerprint density at radius 2 is 2.07 bits per heavy atom. The van der Waals surface area contributed by atoms with E-state index >= 15 is 0 Å². The lowest BCUT2D eigenvalue weighted by atomic mass is 10.2. The Morgan fingerprint density at radius 3 is 2.73 bits per heavy atom. The Balaban J connectivity index is 1.73. The number of carboxylic acids is 1. The number of amidine groups is 1. The van der Waals surface area contributed by atoms with Crippen LogP contribution in [-0.2, 0) is 9.59 Å².